The molecule has 0 heterocycles. The summed E-state index contributed by atoms with van der Waals surface area (Å²) in [5, 5.41) is 0. The van der Waals surface area contributed by atoms with Crippen LogP contribution < -0.4 is 0 Å². The van der Waals surface area contributed by atoms with Gasteiger partial charge in [-0.1, -0.05) is 316 Å². The van der Waals surface area contributed by atoms with Crippen LogP contribution in [0.25, 0.3) is 0 Å². The van der Waals surface area contributed by atoms with Gasteiger partial charge in [0.05, 0.1) is 0 Å². The quantitative estimate of drug-likeness (QED) is 0.0261. The van der Waals surface area contributed by atoms with Gasteiger partial charge in [-0.05, 0) is 109 Å². The Hall–Kier alpha value is -3.93. The van der Waals surface area contributed by atoms with Crippen LogP contribution in [0.4, 0.5) is 0 Å². The molecule has 0 saturated carbocycles. The van der Waals surface area contributed by atoms with Crippen LogP contribution in [0, 0.1) is 0 Å². The van der Waals surface area contributed by atoms with E-state index in [9.17, 15) is 14.4 Å². The van der Waals surface area contributed by atoms with Crippen molar-refractivity contribution >= 4 is 17.9 Å². The van der Waals surface area contributed by atoms with Crippen molar-refractivity contribution in [1.82, 2.24) is 0 Å². The van der Waals surface area contributed by atoms with Gasteiger partial charge in [-0.2, -0.15) is 0 Å². The fourth-order valence-electron chi connectivity index (χ4n) is 9.81. The number of ether oxygens (including phenoxy) is 3. The van der Waals surface area contributed by atoms with Gasteiger partial charge in [0, 0.05) is 19.3 Å². The van der Waals surface area contributed by atoms with Crippen molar-refractivity contribution in [2.24, 2.45) is 0 Å². The molecule has 0 N–H and O–H groups in total. The van der Waals surface area contributed by atoms with Gasteiger partial charge < -0.3 is 14.2 Å². The molecule has 0 saturated heterocycles. The summed E-state index contributed by atoms with van der Waals surface area (Å²) in [6, 6.07) is 0. The van der Waals surface area contributed by atoms with E-state index < -0.39 is 6.10 Å². The van der Waals surface area contributed by atoms with Crippen molar-refractivity contribution in [3.05, 3.63) is 109 Å². The molecule has 0 aliphatic rings. The lowest BCUT2D eigenvalue weighted by Crippen LogP contribution is -2.30. The molecule has 0 aromatic carbocycles. The third kappa shape index (κ3) is 66.9. The Morgan fingerprint density at radius 2 is 0.476 bits per heavy atom. The first-order valence-electron chi connectivity index (χ1n) is 34.9. The van der Waals surface area contributed by atoms with Crippen LogP contribution in [-0.2, 0) is 28.6 Å². The van der Waals surface area contributed by atoms with Crippen molar-refractivity contribution < 1.29 is 28.6 Å². The Balaban J connectivity index is 4.37. The fourth-order valence-corrected chi connectivity index (χ4v) is 9.81. The molecule has 0 aromatic heterocycles. The fraction of sp³-hybridized carbons (Fsp3) is 0.724. The van der Waals surface area contributed by atoms with Crippen molar-refractivity contribution in [1.29, 1.82) is 0 Å². The number of rotatable bonds is 63. The molecule has 0 spiro atoms. The summed E-state index contributed by atoms with van der Waals surface area (Å²) >= 11 is 0. The normalized spacial score (nSPS) is 12.8. The van der Waals surface area contributed by atoms with Crippen molar-refractivity contribution in [3.8, 4) is 0 Å². The zero-order valence-corrected chi connectivity index (χ0v) is 54.0. The highest BCUT2D eigenvalue weighted by Crippen LogP contribution is 2.17. The largest absolute Gasteiger partial charge is 0.462 e. The van der Waals surface area contributed by atoms with Gasteiger partial charge in [-0.3, -0.25) is 14.4 Å². The standard InChI is InChI=1S/C76H130O6/c1-4-7-10-13-16-19-22-25-28-30-32-34-36-37-38-39-41-42-44-46-48-51-54-57-60-63-66-69-75(78)81-72-73(71-80-74(77)68-65-62-59-56-53-50-27-24-21-18-15-12-9-6-3)82-76(79)70-67-64-61-58-55-52-49-47-45-43-40-35-33-31-29-26-23-20-17-14-11-8-5-2/h7,10,16,19,23,25-26,28,31-34,37-38,41-42,46,48,73H,4-6,8-9,11-15,17-18,20-22,24,27,29-30,35-36,39-40,43-45,47,49-72H2,1-3H3/b10-7-,19-16-,26-23-,28-25-,33-31-,34-32-,38-37-,42-41-,48-46-. The van der Waals surface area contributed by atoms with Crippen LogP contribution in [0.2, 0.25) is 0 Å². The van der Waals surface area contributed by atoms with Crippen molar-refractivity contribution in [2.45, 2.75) is 341 Å². The molecule has 0 aromatic rings. The SMILES string of the molecule is CC/C=C\C/C=C\C/C=C\C/C=C\C/C=C\C/C=C\C/C=C\CCCCCCCC(=O)OCC(COC(=O)CCCCCCCCCCCCCCCC)OC(=O)CCCCCCCCCCCCC/C=C\C/C=C\CCCCCCC. The maximum Gasteiger partial charge on any atom is 0.306 e. The molecular weight excluding hydrogens is 1010 g/mol. The van der Waals surface area contributed by atoms with Gasteiger partial charge in [0.25, 0.3) is 0 Å². The number of carbonyl (C=O) groups excluding carboxylic acids is 3. The average Bonchev–Trinajstić information content (AvgIpc) is 3.48. The molecule has 0 bridgehead atoms. The summed E-state index contributed by atoms with van der Waals surface area (Å²) in [6.07, 6.45) is 95.3. The molecule has 0 fully saturated rings. The van der Waals surface area contributed by atoms with Crippen LogP contribution in [0.15, 0.2) is 109 Å². The first kappa shape index (κ1) is 78.1. The van der Waals surface area contributed by atoms with E-state index in [1.54, 1.807) is 0 Å². The molecule has 0 aliphatic carbocycles. The van der Waals surface area contributed by atoms with E-state index in [0.717, 1.165) is 128 Å². The minimum Gasteiger partial charge on any atom is -0.462 e. The Bertz CT molecular complexity index is 1640. The molecule has 0 aliphatic heterocycles. The minimum atomic E-state index is -0.789. The molecule has 6 nitrogen and oxygen atoms in total. The van der Waals surface area contributed by atoms with Crippen LogP contribution in [0.3, 0.4) is 0 Å². The second kappa shape index (κ2) is 69.6. The van der Waals surface area contributed by atoms with E-state index in [0.29, 0.717) is 19.3 Å². The molecular formula is C76H130O6. The van der Waals surface area contributed by atoms with Gasteiger partial charge >= 0.3 is 17.9 Å². The summed E-state index contributed by atoms with van der Waals surface area (Å²) in [4.78, 5) is 38.4. The Labute approximate surface area is 508 Å². The third-order valence-electron chi connectivity index (χ3n) is 15.0. The van der Waals surface area contributed by atoms with Crippen molar-refractivity contribution in [3.63, 3.8) is 0 Å². The molecule has 1 atom stereocenters. The van der Waals surface area contributed by atoms with Crippen LogP contribution in [-0.4, -0.2) is 37.2 Å². The molecule has 6 heteroatoms. The van der Waals surface area contributed by atoms with E-state index in [-0.39, 0.29) is 31.1 Å². The Kier molecular flexibility index (Phi) is 66.2. The third-order valence-corrected chi connectivity index (χ3v) is 15.0. The second-order valence-electron chi connectivity index (χ2n) is 23.1. The summed E-state index contributed by atoms with van der Waals surface area (Å²) in [7, 11) is 0. The topological polar surface area (TPSA) is 78.9 Å². The van der Waals surface area contributed by atoms with E-state index in [1.165, 1.54) is 167 Å². The molecule has 82 heavy (non-hydrogen) atoms. The lowest BCUT2D eigenvalue weighted by atomic mass is 10.0. The minimum absolute atomic E-state index is 0.0828. The second-order valence-corrected chi connectivity index (χ2v) is 23.1. The number of hydrogen-bond donors (Lipinski definition) is 0. The van der Waals surface area contributed by atoms with E-state index in [1.807, 2.05) is 0 Å². The lowest BCUT2D eigenvalue weighted by molar-refractivity contribution is -0.167. The molecule has 470 valence electrons. The highest BCUT2D eigenvalue weighted by atomic mass is 16.6. The van der Waals surface area contributed by atoms with Gasteiger partial charge in [-0.25, -0.2) is 0 Å². The monoisotopic (exact) mass is 1140 g/mol. The Morgan fingerprint density at radius 1 is 0.256 bits per heavy atom. The van der Waals surface area contributed by atoms with Crippen LogP contribution in [0.5, 0.6) is 0 Å². The van der Waals surface area contributed by atoms with Crippen LogP contribution in [0.1, 0.15) is 335 Å². The Morgan fingerprint density at radius 3 is 0.744 bits per heavy atom. The maximum absolute atomic E-state index is 13.0. The van der Waals surface area contributed by atoms with Gasteiger partial charge in [-0.15, -0.1) is 0 Å². The predicted octanol–water partition coefficient (Wildman–Crippen LogP) is 24.2. The van der Waals surface area contributed by atoms with Crippen LogP contribution >= 0.6 is 0 Å². The molecule has 0 radical (unpaired) electrons. The highest BCUT2D eigenvalue weighted by molar-refractivity contribution is 5.71. The summed E-state index contributed by atoms with van der Waals surface area (Å²) in [6.45, 7) is 6.54. The summed E-state index contributed by atoms with van der Waals surface area (Å²) in [5.41, 5.74) is 0. The van der Waals surface area contributed by atoms with E-state index in [4.69, 9.17) is 14.2 Å². The average molecular weight is 1140 g/mol. The van der Waals surface area contributed by atoms with E-state index >= 15 is 0 Å². The summed E-state index contributed by atoms with van der Waals surface area (Å²) in [5.74, 6) is -0.891. The van der Waals surface area contributed by atoms with Crippen molar-refractivity contribution in [2.75, 3.05) is 13.2 Å². The predicted molar refractivity (Wildman–Crippen MR) is 357 cm³/mol. The van der Waals surface area contributed by atoms with Gasteiger partial charge in [0.15, 0.2) is 6.10 Å². The number of hydrogen-bond acceptors (Lipinski definition) is 6. The number of esters is 3. The number of allylic oxidation sites excluding steroid dienone is 18. The molecule has 0 amide bonds. The molecule has 1 unspecified atom stereocenters. The first-order valence-corrected chi connectivity index (χ1v) is 34.9. The smallest absolute Gasteiger partial charge is 0.306 e. The number of carbonyl (C=O) groups is 3. The lowest BCUT2D eigenvalue weighted by Gasteiger charge is -2.18. The zero-order valence-electron chi connectivity index (χ0n) is 54.0. The summed E-state index contributed by atoms with van der Waals surface area (Å²) < 4.78 is 17.0. The number of unbranched alkanes of at least 4 members (excludes halogenated alkanes) is 34. The van der Waals surface area contributed by atoms with E-state index in [2.05, 4.69) is 130 Å². The van der Waals surface area contributed by atoms with Gasteiger partial charge in [0.1, 0.15) is 13.2 Å². The zero-order chi connectivity index (χ0) is 59.2. The maximum atomic E-state index is 13.0. The highest BCUT2D eigenvalue weighted by Gasteiger charge is 2.19. The molecule has 0 rings (SSSR count). The first-order chi connectivity index (χ1) is 40.5. The van der Waals surface area contributed by atoms with Gasteiger partial charge in [0.2, 0.25) is 0 Å².